The van der Waals surface area contributed by atoms with Crippen LogP contribution in [0.5, 0.6) is 11.5 Å². The van der Waals surface area contributed by atoms with Crippen molar-refractivity contribution in [2.45, 2.75) is 19.9 Å². The number of amides is 2. The third kappa shape index (κ3) is 6.22. The van der Waals surface area contributed by atoms with Gasteiger partial charge in [0, 0.05) is 10.6 Å². The van der Waals surface area contributed by atoms with Gasteiger partial charge in [-0.1, -0.05) is 25.4 Å². The Morgan fingerprint density at radius 2 is 1.69 bits per heavy atom. The molecule has 0 saturated carbocycles. The number of nitrogens with one attached hydrogen (secondary N) is 2. The Kier molecular flexibility index (Phi) is 8.03. The van der Waals surface area contributed by atoms with Gasteiger partial charge < -0.3 is 14.8 Å². The first-order valence-corrected chi connectivity index (χ1v) is 9.35. The van der Waals surface area contributed by atoms with Crippen LogP contribution in [0, 0.1) is 5.92 Å². The van der Waals surface area contributed by atoms with Gasteiger partial charge in [-0.15, -0.1) is 0 Å². The highest BCUT2D eigenvalue weighted by atomic mass is 35.5. The molecule has 0 aliphatic heterocycles. The lowest BCUT2D eigenvalue weighted by Gasteiger charge is -2.20. The fourth-order valence-electron chi connectivity index (χ4n) is 2.53. The van der Waals surface area contributed by atoms with Gasteiger partial charge in [0.15, 0.2) is 11.5 Å². The number of nitrogens with zero attached hydrogens (tertiary/aromatic N) is 1. The van der Waals surface area contributed by atoms with Gasteiger partial charge in [-0.05, 0) is 53.9 Å². The molecule has 0 aliphatic rings. The van der Waals surface area contributed by atoms with E-state index in [1.54, 1.807) is 49.6 Å². The largest absolute Gasteiger partial charge is 0.493 e. The van der Waals surface area contributed by atoms with Gasteiger partial charge in [0.1, 0.15) is 6.04 Å². The van der Waals surface area contributed by atoms with Crippen molar-refractivity contribution < 1.29 is 19.1 Å². The predicted octanol–water partition coefficient (Wildman–Crippen LogP) is 3.26. The van der Waals surface area contributed by atoms with Crippen LogP contribution in [0.25, 0.3) is 0 Å². The number of carbonyl (C=O) groups excluding carboxylic acids is 2. The molecule has 8 heteroatoms. The summed E-state index contributed by atoms with van der Waals surface area (Å²) >= 11 is 5.84. The van der Waals surface area contributed by atoms with E-state index in [0.29, 0.717) is 27.6 Å². The highest BCUT2D eigenvalue weighted by Gasteiger charge is 2.24. The summed E-state index contributed by atoms with van der Waals surface area (Å²) in [6.07, 6.45) is 1.48. The van der Waals surface area contributed by atoms with E-state index in [-0.39, 0.29) is 11.8 Å². The van der Waals surface area contributed by atoms with E-state index in [9.17, 15) is 9.59 Å². The van der Waals surface area contributed by atoms with Gasteiger partial charge in [-0.2, -0.15) is 5.10 Å². The first kappa shape index (κ1) is 22.2. The summed E-state index contributed by atoms with van der Waals surface area (Å²) in [4.78, 5) is 24.9. The zero-order chi connectivity index (χ0) is 21.4. The molecular formula is C21H24ClN3O4. The molecule has 0 bridgehead atoms. The zero-order valence-electron chi connectivity index (χ0n) is 16.7. The molecule has 29 heavy (non-hydrogen) atoms. The Balaban J connectivity index is 2.03. The molecule has 1 unspecified atom stereocenters. The van der Waals surface area contributed by atoms with Crippen molar-refractivity contribution in [3.05, 3.63) is 58.6 Å². The smallest absolute Gasteiger partial charge is 0.262 e. The van der Waals surface area contributed by atoms with Gasteiger partial charge >= 0.3 is 0 Å². The van der Waals surface area contributed by atoms with Crippen molar-refractivity contribution in [2.24, 2.45) is 11.0 Å². The minimum absolute atomic E-state index is 0.137. The molecule has 7 nitrogen and oxygen atoms in total. The number of carbonyl (C=O) groups is 2. The topological polar surface area (TPSA) is 89.0 Å². The van der Waals surface area contributed by atoms with Crippen LogP contribution in [-0.2, 0) is 4.79 Å². The van der Waals surface area contributed by atoms with E-state index < -0.39 is 11.9 Å². The van der Waals surface area contributed by atoms with Crippen molar-refractivity contribution in [1.29, 1.82) is 0 Å². The van der Waals surface area contributed by atoms with E-state index in [0.717, 1.165) is 0 Å². The molecule has 0 saturated heterocycles. The van der Waals surface area contributed by atoms with Crippen LogP contribution in [0.3, 0.4) is 0 Å². The van der Waals surface area contributed by atoms with Crippen LogP contribution in [0.1, 0.15) is 29.8 Å². The van der Waals surface area contributed by atoms with Crippen LogP contribution in [-0.4, -0.2) is 38.3 Å². The summed E-state index contributed by atoms with van der Waals surface area (Å²) in [5, 5.41) is 7.24. The Morgan fingerprint density at radius 1 is 1.03 bits per heavy atom. The third-order valence-corrected chi connectivity index (χ3v) is 4.39. The maximum atomic E-state index is 12.5. The molecule has 2 aromatic carbocycles. The molecule has 2 N–H and O–H groups in total. The molecule has 1 atom stereocenters. The molecule has 0 spiro atoms. The first-order chi connectivity index (χ1) is 13.8. The molecular weight excluding hydrogens is 394 g/mol. The van der Waals surface area contributed by atoms with Gasteiger partial charge in [0.05, 0.1) is 20.4 Å². The molecule has 0 aliphatic carbocycles. The first-order valence-electron chi connectivity index (χ1n) is 8.97. The molecule has 2 amide bonds. The summed E-state index contributed by atoms with van der Waals surface area (Å²) in [6.45, 7) is 3.68. The zero-order valence-corrected chi connectivity index (χ0v) is 17.5. The number of benzene rings is 2. The second-order valence-electron chi connectivity index (χ2n) is 6.55. The van der Waals surface area contributed by atoms with E-state index in [1.807, 2.05) is 13.8 Å². The van der Waals surface area contributed by atoms with Crippen LogP contribution < -0.4 is 20.2 Å². The number of halogens is 1. The van der Waals surface area contributed by atoms with Gasteiger partial charge in [0.25, 0.3) is 11.8 Å². The van der Waals surface area contributed by atoms with E-state index in [1.165, 1.54) is 13.3 Å². The fraction of sp³-hybridized carbons (Fsp3) is 0.286. The minimum Gasteiger partial charge on any atom is -0.493 e. The number of ether oxygens (including phenoxy) is 2. The quantitative estimate of drug-likeness (QED) is 0.509. The average molecular weight is 418 g/mol. The Bertz CT molecular complexity index is 882. The second kappa shape index (κ2) is 10.5. The number of rotatable bonds is 8. The van der Waals surface area contributed by atoms with Crippen molar-refractivity contribution in [2.75, 3.05) is 14.2 Å². The highest BCUT2D eigenvalue weighted by Crippen LogP contribution is 2.26. The molecule has 0 aromatic heterocycles. The van der Waals surface area contributed by atoms with Crippen LogP contribution in [0.15, 0.2) is 47.6 Å². The number of hydrogen-bond acceptors (Lipinski definition) is 5. The molecule has 0 fully saturated rings. The third-order valence-electron chi connectivity index (χ3n) is 4.14. The lowest BCUT2D eigenvalue weighted by Crippen LogP contribution is -2.48. The van der Waals surface area contributed by atoms with E-state index in [4.69, 9.17) is 21.1 Å². The molecule has 154 valence electrons. The SMILES string of the molecule is COc1ccc(/C=N\NC(=O)C(NC(=O)c2ccc(Cl)cc2)C(C)C)cc1OC. The number of methoxy groups -OCH3 is 2. The monoisotopic (exact) mass is 417 g/mol. The van der Waals surface area contributed by atoms with Crippen molar-refractivity contribution in [3.63, 3.8) is 0 Å². The highest BCUT2D eigenvalue weighted by molar-refractivity contribution is 6.30. The van der Waals surface area contributed by atoms with Crippen molar-refractivity contribution >= 4 is 29.6 Å². The Morgan fingerprint density at radius 3 is 2.28 bits per heavy atom. The maximum Gasteiger partial charge on any atom is 0.262 e. The van der Waals surface area contributed by atoms with Crippen LogP contribution in [0.2, 0.25) is 5.02 Å². The Hall–Kier alpha value is -3.06. The minimum atomic E-state index is -0.749. The van der Waals surface area contributed by atoms with Gasteiger partial charge in [0.2, 0.25) is 0 Å². The van der Waals surface area contributed by atoms with Gasteiger partial charge in [-0.3, -0.25) is 9.59 Å². The van der Waals surface area contributed by atoms with Crippen molar-refractivity contribution in [3.8, 4) is 11.5 Å². The summed E-state index contributed by atoms with van der Waals surface area (Å²) in [5.41, 5.74) is 3.60. The van der Waals surface area contributed by atoms with Crippen molar-refractivity contribution in [1.82, 2.24) is 10.7 Å². The summed E-state index contributed by atoms with van der Waals surface area (Å²) in [7, 11) is 3.09. The van der Waals surface area contributed by atoms with E-state index >= 15 is 0 Å². The normalized spacial score (nSPS) is 11.9. The Labute approximate surface area is 175 Å². The lowest BCUT2D eigenvalue weighted by molar-refractivity contribution is -0.123. The van der Waals surface area contributed by atoms with E-state index in [2.05, 4.69) is 15.8 Å². The maximum absolute atomic E-state index is 12.5. The van der Waals surface area contributed by atoms with Crippen LogP contribution >= 0.6 is 11.6 Å². The lowest BCUT2D eigenvalue weighted by atomic mass is 10.0. The standard InChI is InChI=1S/C21H24ClN3O4/c1-13(2)19(24-20(26)15-6-8-16(22)9-7-15)21(27)25-23-12-14-5-10-17(28-3)18(11-14)29-4/h5-13,19H,1-4H3,(H,24,26)(H,25,27)/b23-12-. The number of hydrazone groups is 1. The van der Waals surface area contributed by atoms with Crippen LogP contribution in [0.4, 0.5) is 0 Å². The summed E-state index contributed by atoms with van der Waals surface area (Å²) in [6, 6.07) is 10.9. The average Bonchev–Trinajstić information content (AvgIpc) is 2.71. The molecule has 0 radical (unpaired) electrons. The number of hydrogen-bond donors (Lipinski definition) is 2. The molecule has 0 heterocycles. The summed E-state index contributed by atoms with van der Waals surface area (Å²) < 4.78 is 10.4. The van der Waals surface area contributed by atoms with Gasteiger partial charge in [-0.25, -0.2) is 5.43 Å². The second-order valence-corrected chi connectivity index (χ2v) is 6.99. The molecule has 2 rings (SSSR count). The summed E-state index contributed by atoms with van der Waals surface area (Å²) in [5.74, 6) is 0.234. The molecule has 2 aromatic rings. The fourth-order valence-corrected chi connectivity index (χ4v) is 2.66. The predicted molar refractivity (Wildman–Crippen MR) is 113 cm³/mol.